The number of hydrogen-bond acceptors (Lipinski definition) is 2. The number of rotatable bonds is 2. The van der Waals surface area contributed by atoms with Crippen molar-refractivity contribution in [3.05, 3.63) is 75.4 Å². The SMILES string of the molecule is Cc1cccc(C(=O)N=c2sc(C)c(-c3ccccc3)n2C)c1. The van der Waals surface area contributed by atoms with Crippen LogP contribution in [-0.4, -0.2) is 10.5 Å². The molecule has 1 aromatic heterocycles. The molecule has 0 aliphatic rings. The van der Waals surface area contributed by atoms with Gasteiger partial charge < -0.3 is 4.57 Å². The van der Waals surface area contributed by atoms with E-state index in [4.69, 9.17) is 0 Å². The molecule has 1 heterocycles. The number of carbonyl (C=O) groups is 1. The predicted molar refractivity (Wildman–Crippen MR) is 94.5 cm³/mol. The Morgan fingerprint density at radius 2 is 1.78 bits per heavy atom. The highest BCUT2D eigenvalue weighted by Gasteiger charge is 2.11. The molecule has 23 heavy (non-hydrogen) atoms. The molecule has 0 atom stereocenters. The van der Waals surface area contributed by atoms with Gasteiger partial charge in [-0.05, 0) is 31.5 Å². The molecule has 0 N–H and O–H groups in total. The number of amides is 1. The summed E-state index contributed by atoms with van der Waals surface area (Å²) in [7, 11) is 1.95. The van der Waals surface area contributed by atoms with Gasteiger partial charge in [0.05, 0.1) is 5.69 Å². The van der Waals surface area contributed by atoms with Gasteiger partial charge in [-0.2, -0.15) is 4.99 Å². The second kappa shape index (κ2) is 6.34. The summed E-state index contributed by atoms with van der Waals surface area (Å²) in [6.45, 7) is 4.03. The molecule has 3 nitrogen and oxygen atoms in total. The number of hydrogen-bond donors (Lipinski definition) is 0. The van der Waals surface area contributed by atoms with Crippen LogP contribution >= 0.6 is 11.3 Å². The van der Waals surface area contributed by atoms with E-state index in [2.05, 4.69) is 24.0 Å². The number of nitrogens with zero attached hydrogens (tertiary/aromatic N) is 2. The molecule has 0 saturated carbocycles. The maximum absolute atomic E-state index is 12.4. The van der Waals surface area contributed by atoms with Gasteiger partial charge in [0.15, 0.2) is 4.80 Å². The smallest absolute Gasteiger partial charge is 0.279 e. The van der Waals surface area contributed by atoms with Crippen LogP contribution in [0.4, 0.5) is 0 Å². The van der Waals surface area contributed by atoms with Gasteiger partial charge >= 0.3 is 0 Å². The Morgan fingerprint density at radius 1 is 1.04 bits per heavy atom. The van der Waals surface area contributed by atoms with Crippen molar-refractivity contribution < 1.29 is 4.79 Å². The Balaban J connectivity index is 2.06. The number of thiazole rings is 1. The topological polar surface area (TPSA) is 34.4 Å². The second-order valence-electron chi connectivity index (χ2n) is 5.50. The third-order valence-corrected chi connectivity index (χ3v) is 4.76. The van der Waals surface area contributed by atoms with Crippen molar-refractivity contribution in [3.8, 4) is 11.3 Å². The van der Waals surface area contributed by atoms with Crippen LogP contribution < -0.4 is 4.80 Å². The Bertz CT molecular complexity index is 920. The summed E-state index contributed by atoms with van der Waals surface area (Å²) in [5.74, 6) is -0.204. The standard InChI is InChI=1S/C19H18N2OS/c1-13-8-7-11-16(12-13)18(22)20-19-21(3)17(14(2)23-19)15-9-5-4-6-10-15/h4-12H,1-3H3. The Kier molecular flexibility index (Phi) is 4.26. The summed E-state index contributed by atoms with van der Waals surface area (Å²) in [5, 5.41) is 0. The first kappa shape index (κ1) is 15.4. The normalized spacial score (nSPS) is 11.7. The largest absolute Gasteiger partial charge is 0.319 e. The summed E-state index contributed by atoms with van der Waals surface area (Å²) >= 11 is 1.54. The lowest BCUT2D eigenvalue weighted by atomic mass is 10.1. The van der Waals surface area contributed by atoms with Crippen molar-refractivity contribution in [2.75, 3.05) is 0 Å². The minimum atomic E-state index is -0.204. The van der Waals surface area contributed by atoms with E-state index in [0.29, 0.717) is 10.4 Å². The van der Waals surface area contributed by atoms with Gasteiger partial charge in [-0.1, -0.05) is 48.0 Å². The van der Waals surface area contributed by atoms with Crippen LogP contribution in [0, 0.1) is 13.8 Å². The lowest BCUT2D eigenvalue weighted by Gasteiger charge is -2.04. The average Bonchev–Trinajstić information content (AvgIpc) is 2.82. The zero-order valence-electron chi connectivity index (χ0n) is 13.4. The van der Waals surface area contributed by atoms with Crippen molar-refractivity contribution in [3.63, 3.8) is 0 Å². The first-order valence-corrected chi connectivity index (χ1v) is 8.25. The Hall–Kier alpha value is -2.46. The first-order chi connectivity index (χ1) is 11.1. The summed E-state index contributed by atoms with van der Waals surface area (Å²) in [4.78, 5) is 18.6. The lowest BCUT2D eigenvalue weighted by molar-refractivity contribution is 0.0998. The maximum atomic E-state index is 12.4. The average molecular weight is 322 g/mol. The van der Waals surface area contributed by atoms with E-state index in [-0.39, 0.29) is 5.91 Å². The minimum absolute atomic E-state index is 0.204. The highest BCUT2D eigenvalue weighted by molar-refractivity contribution is 7.09. The molecule has 0 bridgehead atoms. The summed E-state index contributed by atoms with van der Waals surface area (Å²) in [6.07, 6.45) is 0. The predicted octanol–water partition coefficient (Wildman–Crippen LogP) is 4.11. The molecule has 0 unspecified atom stereocenters. The molecule has 1 amide bonds. The Morgan fingerprint density at radius 3 is 2.48 bits per heavy atom. The molecular weight excluding hydrogens is 304 g/mol. The van der Waals surface area contributed by atoms with Crippen LogP contribution in [0.25, 0.3) is 11.3 Å². The molecule has 4 heteroatoms. The van der Waals surface area contributed by atoms with Crippen LogP contribution in [0.3, 0.4) is 0 Å². The summed E-state index contributed by atoms with van der Waals surface area (Å²) in [6, 6.07) is 17.7. The van der Waals surface area contributed by atoms with Crippen molar-refractivity contribution in [1.29, 1.82) is 0 Å². The van der Waals surface area contributed by atoms with Crippen LogP contribution in [-0.2, 0) is 7.05 Å². The lowest BCUT2D eigenvalue weighted by Crippen LogP contribution is -2.14. The zero-order chi connectivity index (χ0) is 16.4. The van der Waals surface area contributed by atoms with E-state index < -0.39 is 0 Å². The highest BCUT2D eigenvalue weighted by atomic mass is 32.1. The third kappa shape index (κ3) is 3.17. The van der Waals surface area contributed by atoms with Crippen LogP contribution in [0.5, 0.6) is 0 Å². The summed E-state index contributed by atoms with van der Waals surface area (Å²) in [5.41, 5.74) is 3.92. The first-order valence-electron chi connectivity index (χ1n) is 7.44. The minimum Gasteiger partial charge on any atom is -0.319 e. The number of aryl methyl sites for hydroxylation is 2. The van der Waals surface area contributed by atoms with E-state index >= 15 is 0 Å². The fourth-order valence-electron chi connectivity index (χ4n) is 2.61. The van der Waals surface area contributed by atoms with Gasteiger partial charge in [-0.15, -0.1) is 11.3 Å². The van der Waals surface area contributed by atoms with E-state index in [1.807, 2.05) is 54.9 Å². The molecule has 0 radical (unpaired) electrons. The number of aromatic nitrogens is 1. The highest BCUT2D eigenvalue weighted by Crippen LogP contribution is 2.24. The van der Waals surface area contributed by atoms with E-state index in [1.165, 1.54) is 11.3 Å². The monoisotopic (exact) mass is 322 g/mol. The van der Waals surface area contributed by atoms with Gasteiger partial charge in [0, 0.05) is 17.5 Å². The van der Waals surface area contributed by atoms with Crippen molar-refractivity contribution in [1.82, 2.24) is 4.57 Å². The van der Waals surface area contributed by atoms with Crippen molar-refractivity contribution in [2.45, 2.75) is 13.8 Å². The van der Waals surface area contributed by atoms with Crippen LogP contribution in [0.15, 0.2) is 59.6 Å². The molecule has 3 rings (SSSR count). The van der Waals surface area contributed by atoms with E-state index in [0.717, 1.165) is 21.7 Å². The molecule has 0 saturated heterocycles. The van der Waals surface area contributed by atoms with Gasteiger partial charge in [-0.3, -0.25) is 4.79 Å². The molecular formula is C19H18N2OS. The second-order valence-corrected chi connectivity index (χ2v) is 6.68. The van der Waals surface area contributed by atoms with Crippen molar-refractivity contribution in [2.24, 2.45) is 12.0 Å². The van der Waals surface area contributed by atoms with Gasteiger partial charge in [0.2, 0.25) is 0 Å². The molecule has 0 fully saturated rings. The Labute approximate surface area is 139 Å². The molecule has 0 aliphatic carbocycles. The van der Waals surface area contributed by atoms with Crippen LogP contribution in [0.2, 0.25) is 0 Å². The zero-order valence-corrected chi connectivity index (χ0v) is 14.2. The maximum Gasteiger partial charge on any atom is 0.279 e. The fraction of sp³-hybridized carbons (Fsp3) is 0.158. The molecule has 0 spiro atoms. The molecule has 0 aliphatic heterocycles. The molecule has 2 aromatic carbocycles. The quantitative estimate of drug-likeness (QED) is 0.699. The van der Waals surface area contributed by atoms with E-state index in [1.54, 1.807) is 6.07 Å². The van der Waals surface area contributed by atoms with Gasteiger partial charge in [0.1, 0.15) is 0 Å². The molecule has 116 valence electrons. The van der Waals surface area contributed by atoms with Gasteiger partial charge in [-0.25, -0.2) is 0 Å². The fourth-order valence-corrected chi connectivity index (χ4v) is 3.59. The van der Waals surface area contributed by atoms with Gasteiger partial charge in [0.25, 0.3) is 5.91 Å². The number of benzene rings is 2. The van der Waals surface area contributed by atoms with Crippen LogP contribution in [0.1, 0.15) is 20.8 Å². The summed E-state index contributed by atoms with van der Waals surface area (Å²) < 4.78 is 1.99. The van der Waals surface area contributed by atoms with E-state index in [9.17, 15) is 4.79 Å². The number of carbonyl (C=O) groups excluding carboxylic acids is 1. The van der Waals surface area contributed by atoms with Crippen molar-refractivity contribution >= 4 is 17.2 Å². The third-order valence-electron chi connectivity index (χ3n) is 3.71. The molecule has 3 aromatic rings.